The second kappa shape index (κ2) is 7.15. The zero-order valence-corrected chi connectivity index (χ0v) is 15.8. The van der Waals surface area contributed by atoms with Crippen LogP contribution in [0, 0.1) is 29.5 Å². The lowest BCUT2D eigenvalue weighted by Gasteiger charge is -2.35. The van der Waals surface area contributed by atoms with Gasteiger partial charge < -0.3 is 9.42 Å². The number of hydrogen-bond donors (Lipinski definition) is 0. The molecule has 5 rings (SSSR count). The Bertz CT molecular complexity index is 909. The molecule has 1 amide bonds. The number of carbonyl (C=O) groups excluding carboxylic acids is 1. The van der Waals surface area contributed by atoms with Gasteiger partial charge in [-0.2, -0.15) is 4.98 Å². The number of rotatable bonds is 4. The lowest BCUT2D eigenvalue weighted by atomic mass is 9.89. The molecule has 2 bridgehead atoms. The number of allylic oxidation sites excluding steroid dienone is 2. The molecule has 2 aliphatic carbocycles. The number of nitrogens with zero attached hydrogens (tertiary/aromatic N) is 3. The molecular formula is C22H24FN3O2. The number of halogens is 1. The number of likely N-dealkylation sites (tertiary alicyclic amines) is 1. The van der Waals surface area contributed by atoms with Crippen LogP contribution in [0.2, 0.25) is 0 Å². The van der Waals surface area contributed by atoms with E-state index in [0.717, 1.165) is 38.8 Å². The van der Waals surface area contributed by atoms with E-state index in [1.165, 1.54) is 6.07 Å². The fourth-order valence-electron chi connectivity index (χ4n) is 5.07. The van der Waals surface area contributed by atoms with E-state index in [4.69, 9.17) is 4.52 Å². The summed E-state index contributed by atoms with van der Waals surface area (Å²) in [5.74, 6) is 2.28. The summed E-state index contributed by atoms with van der Waals surface area (Å²) in [6.07, 6.45) is 9.34. The molecule has 4 unspecified atom stereocenters. The Morgan fingerprint density at radius 1 is 1.25 bits per heavy atom. The van der Waals surface area contributed by atoms with Gasteiger partial charge in [0.1, 0.15) is 5.82 Å². The number of aromatic nitrogens is 2. The van der Waals surface area contributed by atoms with E-state index in [1.54, 1.807) is 18.2 Å². The van der Waals surface area contributed by atoms with Crippen LogP contribution in [0.5, 0.6) is 0 Å². The summed E-state index contributed by atoms with van der Waals surface area (Å²) in [5.41, 5.74) is 0.349. The summed E-state index contributed by atoms with van der Waals surface area (Å²) >= 11 is 0. The number of fused-ring (bicyclic) bond motifs is 2. The van der Waals surface area contributed by atoms with Crippen LogP contribution in [0.3, 0.4) is 0 Å². The fourth-order valence-corrected chi connectivity index (χ4v) is 5.07. The van der Waals surface area contributed by atoms with Gasteiger partial charge in [-0.1, -0.05) is 29.4 Å². The van der Waals surface area contributed by atoms with Gasteiger partial charge in [0.05, 0.1) is 5.56 Å². The third-order valence-electron chi connectivity index (χ3n) is 6.47. The minimum atomic E-state index is -0.357. The molecule has 0 spiro atoms. The minimum absolute atomic E-state index is 0.171. The van der Waals surface area contributed by atoms with Crippen molar-refractivity contribution in [2.24, 2.45) is 23.7 Å². The first-order chi connectivity index (χ1) is 13.7. The number of carbonyl (C=O) groups is 1. The highest BCUT2D eigenvalue weighted by Crippen LogP contribution is 2.44. The predicted octanol–water partition coefficient (Wildman–Crippen LogP) is 3.87. The van der Waals surface area contributed by atoms with Crippen molar-refractivity contribution < 1.29 is 13.7 Å². The van der Waals surface area contributed by atoms with E-state index >= 15 is 0 Å². The fraction of sp³-hybridized carbons (Fsp3) is 0.500. The lowest BCUT2D eigenvalue weighted by molar-refractivity contribution is -0.138. The topological polar surface area (TPSA) is 59.2 Å². The molecule has 2 fully saturated rings. The second-order valence-corrected chi connectivity index (χ2v) is 8.37. The molecule has 1 aromatic carbocycles. The molecule has 1 saturated heterocycles. The molecule has 1 aliphatic heterocycles. The van der Waals surface area contributed by atoms with E-state index in [1.807, 2.05) is 4.90 Å². The minimum Gasteiger partial charge on any atom is -0.342 e. The summed E-state index contributed by atoms with van der Waals surface area (Å²) < 4.78 is 19.3. The van der Waals surface area contributed by atoms with Gasteiger partial charge in [-0.3, -0.25) is 4.79 Å². The average Bonchev–Trinajstić information content (AvgIpc) is 3.45. The highest BCUT2D eigenvalue weighted by molar-refractivity contribution is 5.80. The van der Waals surface area contributed by atoms with Crippen molar-refractivity contribution in [1.29, 1.82) is 0 Å². The molecular weight excluding hydrogens is 357 g/mol. The van der Waals surface area contributed by atoms with Crippen LogP contribution >= 0.6 is 0 Å². The van der Waals surface area contributed by atoms with Gasteiger partial charge in [0.25, 0.3) is 0 Å². The molecule has 0 radical (unpaired) electrons. The molecule has 2 heterocycles. The van der Waals surface area contributed by atoms with Gasteiger partial charge in [0.15, 0.2) is 0 Å². The molecule has 5 nitrogen and oxygen atoms in total. The van der Waals surface area contributed by atoms with E-state index < -0.39 is 0 Å². The van der Waals surface area contributed by atoms with Crippen LogP contribution in [0.1, 0.15) is 31.6 Å². The number of hydrogen-bond acceptors (Lipinski definition) is 4. The quantitative estimate of drug-likeness (QED) is 0.755. The molecule has 6 heteroatoms. The Labute approximate surface area is 163 Å². The molecule has 3 aliphatic rings. The lowest BCUT2D eigenvalue weighted by Crippen LogP contribution is -2.44. The standard InChI is InChI=1S/C22H24FN3O2/c23-19-6-2-1-5-17(19)21-24-20(28-25-21)12-15-4-3-9-26(13-15)22(27)18-11-14-7-8-16(18)10-14/h1-2,5-8,14-16,18H,3-4,9-13H2. The molecule has 0 N–H and O–H groups in total. The average molecular weight is 381 g/mol. The number of benzene rings is 1. The Hall–Kier alpha value is -2.50. The summed E-state index contributed by atoms with van der Waals surface area (Å²) in [7, 11) is 0. The molecule has 2 aromatic rings. The Balaban J connectivity index is 1.23. The molecule has 1 saturated carbocycles. The molecule has 1 aromatic heterocycles. The first-order valence-corrected chi connectivity index (χ1v) is 10.2. The SMILES string of the molecule is O=C(C1CC2C=CC1C2)N1CCCC(Cc2nc(-c3ccccc3F)no2)C1. The zero-order valence-electron chi connectivity index (χ0n) is 15.8. The molecule has 28 heavy (non-hydrogen) atoms. The Kier molecular flexibility index (Phi) is 4.49. The van der Waals surface area contributed by atoms with Crippen molar-refractivity contribution in [2.75, 3.05) is 13.1 Å². The third kappa shape index (κ3) is 3.25. The Morgan fingerprint density at radius 3 is 2.93 bits per heavy atom. The van der Waals surface area contributed by atoms with Crippen LogP contribution < -0.4 is 0 Å². The monoisotopic (exact) mass is 381 g/mol. The maximum atomic E-state index is 13.9. The van der Waals surface area contributed by atoms with E-state index in [0.29, 0.717) is 41.5 Å². The van der Waals surface area contributed by atoms with Crippen molar-refractivity contribution >= 4 is 5.91 Å². The summed E-state index contributed by atoms with van der Waals surface area (Å²) in [5, 5.41) is 3.94. The van der Waals surface area contributed by atoms with Gasteiger partial charge in [0, 0.05) is 25.4 Å². The maximum absolute atomic E-state index is 13.9. The third-order valence-corrected chi connectivity index (χ3v) is 6.47. The first-order valence-electron chi connectivity index (χ1n) is 10.2. The summed E-state index contributed by atoms with van der Waals surface area (Å²) in [6, 6.07) is 6.43. The smallest absolute Gasteiger partial charge is 0.227 e. The van der Waals surface area contributed by atoms with Crippen molar-refractivity contribution in [3.63, 3.8) is 0 Å². The first kappa shape index (κ1) is 17.6. The van der Waals surface area contributed by atoms with E-state index in [2.05, 4.69) is 22.3 Å². The second-order valence-electron chi connectivity index (χ2n) is 8.37. The highest BCUT2D eigenvalue weighted by atomic mass is 19.1. The molecule has 146 valence electrons. The van der Waals surface area contributed by atoms with Gasteiger partial charge >= 0.3 is 0 Å². The molecule has 4 atom stereocenters. The van der Waals surface area contributed by atoms with Gasteiger partial charge in [-0.05, 0) is 55.6 Å². The van der Waals surface area contributed by atoms with Gasteiger partial charge in [0.2, 0.25) is 17.6 Å². The van der Waals surface area contributed by atoms with Crippen LogP contribution in [0.15, 0.2) is 40.9 Å². The van der Waals surface area contributed by atoms with Crippen LogP contribution in [-0.4, -0.2) is 34.0 Å². The van der Waals surface area contributed by atoms with E-state index in [-0.39, 0.29) is 17.6 Å². The van der Waals surface area contributed by atoms with E-state index in [9.17, 15) is 9.18 Å². The van der Waals surface area contributed by atoms with Gasteiger partial charge in [-0.25, -0.2) is 4.39 Å². The predicted molar refractivity (Wildman–Crippen MR) is 102 cm³/mol. The largest absolute Gasteiger partial charge is 0.342 e. The normalized spacial score (nSPS) is 28.8. The summed E-state index contributed by atoms with van der Waals surface area (Å²) in [4.78, 5) is 19.4. The van der Waals surface area contributed by atoms with Crippen molar-refractivity contribution in [1.82, 2.24) is 15.0 Å². The van der Waals surface area contributed by atoms with Crippen molar-refractivity contribution in [3.8, 4) is 11.4 Å². The highest BCUT2D eigenvalue weighted by Gasteiger charge is 2.42. The van der Waals surface area contributed by atoms with Gasteiger partial charge in [-0.15, -0.1) is 0 Å². The van der Waals surface area contributed by atoms with Crippen molar-refractivity contribution in [3.05, 3.63) is 48.1 Å². The number of piperidine rings is 1. The maximum Gasteiger partial charge on any atom is 0.227 e. The van der Waals surface area contributed by atoms with Crippen LogP contribution in [-0.2, 0) is 11.2 Å². The van der Waals surface area contributed by atoms with Crippen LogP contribution in [0.4, 0.5) is 4.39 Å². The zero-order chi connectivity index (χ0) is 19.1. The van der Waals surface area contributed by atoms with Crippen LogP contribution in [0.25, 0.3) is 11.4 Å². The number of amides is 1. The van der Waals surface area contributed by atoms with Crippen molar-refractivity contribution in [2.45, 2.75) is 32.1 Å². The Morgan fingerprint density at radius 2 is 2.14 bits per heavy atom. The summed E-state index contributed by atoms with van der Waals surface area (Å²) in [6.45, 7) is 1.59.